The SMILES string of the molecule is O=C(c1cccnc1F)N1CC=CCC1. The van der Waals surface area contributed by atoms with Crippen LogP contribution in [0.5, 0.6) is 0 Å². The van der Waals surface area contributed by atoms with Crippen molar-refractivity contribution in [2.45, 2.75) is 6.42 Å². The second kappa shape index (κ2) is 4.21. The van der Waals surface area contributed by atoms with E-state index >= 15 is 0 Å². The number of pyridine rings is 1. The molecule has 2 heterocycles. The number of rotatable bonds is 1. The maximum atomic E-state index is 13.2. The number of aromatic nitrogens is 1. The standard InChI is InChI=1S/C11H11FN2O/c12-10-9(5-4-6-13-10)11(15)14-7-2-1-3-8-14/h1-2,4-6H,3,7-8H2. The van der Waals surface area contributed by atoms with Crippen LogP contribution >= 0.6 is 0 Å². The largest absolute Gasteiger partial charge is 0.334 e. The number of amides is 1. The molecule has 3 nitrogen and oxygen atoms in total. The van der Waals surface area contributed by atoms with E-state index in [-0.39, 0.29) is 11.5 Å². The highest BCUT2D eigenvalue weighted by molar-refractivity contribution is 5.94. The molecule has 0 spiro atoms. The summed E-state index contributed by atoms with van der Waals surface area (Å²) in [6.07, 6.45) is 6.09. The topological polar surface area (TPSA) is 33.2 Å². The average molecular weight is 206 g/mol. The van der Waals surface area contributed by atoms with Crippen LogP contribution in [0.1, 0.15) is 16.8 Å². The molecule has 0 unspecified atom stereocenters. The molecule has 0 atom stereocenters. The fraction of sp³-hybridized carbons (Fsp3) is 0.273. The predicted octanol–water partition coefficient (Wildman–Crippen LogP) is 1.62. The zero-order valence-corrected chi connectivity index (χ0v) is 8.19. The number of halogens is 1. The molecule has 2 rings (SSSR count). The highest BCUT2D eigenvalue weighted by Crippen LogP contribution is 2.10. The van der Waals surface area contributed by atoms with Gasteiger partial charge in [0.1, 0.15) is 0 Å². The van der Waals surface area contributed by atoms with Gasteiger partial charge in [-0.15, -0.1) is 0 Å². The minimum absolute atomic E-state index is 0.0489. The summed E-state index contributed by atoms with van der Waals surface area (Å²) in [5, 5.41) is 0. The van der Waals surface area contributed by atoms with Gasteiger partial charge < -0.3 is 4.90 Å². The van der Waals surface area contributed by atoms with E-state index in [4.69, 9.17) is 0 Å². The second-order valence-corrected chi connectivity index (χ2v) is 3.35. The molecular weight excluding hydrogens is 195 g/mol. The van der Waals surface area contributed by atoms with Gasteiger partial charge >= 0.3 is 0 Å². The van der Waals surface area contributed by atoms with Crippen molar-refractivity contribution in [2.75, 3.05) is 13.1 Å². The molecule has 0 aromatic carbocycles. The molecule has 1 aliphatic rings. The first kappa shape index (κ1) is 9.83. The quantitative estimate of drug-likeness (QED) is 0.516. The van der Waals surface area contributed by atoms with Crippen molar-refractivity contribution in [3.8, 4) is 0 Å². The summed E-state index contributed by atoms with van der Waals surface area (Å²) < 4.78 is 13.2. The third-order valence-electron chi connectivity index (χ3n) is 2.33. The lowest BCUT2D eigenvalue weighted by atomic mass is 10.2. The van der Waals surface area contributed by atoms with E-state index in [1.165, 1.54) is 12.3 Å². The minimum atomic E-state index is -0.697. The molecule has 0 N–H and O–H groups in total. The van der Waals surface area contributed by atoms with Crippen molar-refractivity contribution in [2.24, 2.45) is 0 Å². The molecule has 4 heteroatoms. The Morgan fingerprint density at radius 3 is 3.00 bits per heavy atom. The van der Waals surface area contributed by atoms with Crippen molar-refractivity contribution >= 4 is 5.91 Å². The fourth-order valence-corrected chi connectivity index (χ4v) is 1.54. The summed E-state index contributed by atoms with van der Waals surface area (Å²) in [5.74, 6) is -0.984. The molecule has 0 radical (unpaired) electrons. The van der Waals surface area contributed by atoms with Gasteiger partial charge in [-0.3, -0.25) is 4.79 Å². The summed E-state index contributed by atoms with van der Waals surface area (Å²) in [5.41, 5.74) is 0.0489. The molecule has 15 heavy (non-hydrogen) atoms. The van der Waals surface area contributed by atoms with Crippen LogP contribution in [0.2, 0.25) is 0 Å². The lowest BCUT2D eigenvalue weighted by Gasteiger charge is -2.23. The van der Waals surface area contributed by atoms with E-state index in [1.807, 2.05) is 12.2 Å². The Morgan fingerprint density at radius 2 is 2.33 bits per heavy atom. The maximum Gasteiger partial charge on any atom is 0.258 e. The number of hydrogen-bond acceptors (Lipinski definition) is 2. The van der Waals surface area contributed by atoms with Gasteiger partial charge in [0.2, 0.25) is 5.95 Å². The lowest BCUT2D eigenvalue weighted by Crippen LogP contribution is -2.34. The Morgan fingerprint density at radius 1 is 1.47 bits per heavy atom. The van der Waals surface area contributed by atoms with Gasteiger partial charge in [-0.25, -0.2) is 4.98 Å². The van der Waals surface area contributed by atoms with Crippen molar-refractivity contribution in [1.29, 1.82) is 0 Å². The summed E-state index contributed by atoms with van der Waals surface area (Å²) in [7, 11) is 0. The van der Waals surface area contributed by atoms with Crippen LogP contribution in [-0.4, -0.2) is 28.9 Å². The molecule has 1 aliphatic heterocycles. The van der Waals surface area contributed by atoms with Crippen molar-refractivity contribution < 1.29 is 9.18 Å². The Labute approximate surface area is 87.2 Å². The summed E-state index contributed by atoms with van der Waals surface area (Å²) in [6, 6.07) is 3.03. The lowest BCUT2D eigenvalue weighted by molar-refractivity contribution is 0.0765. The first-order chi connectivity index (χ1) is 7.29. The van der Waals surface area contributed by atoms with Crippen molar-refractivity contribution in [3.05, 3.63) is 42.0 Å². The molecule has 0 saturated heterocycles. The smallest absolute Gasteiger partial charge is 0.258 e. The maximum absolute atomic E-state index is 13.2. The normalized spacial score (nSPS) is 15.4. The number of nitrogens with zero attached hydrogens (tertiary/aromatic N) is 2. The van der Waals surface area contributed by atoms with Crippen LogP contribution in [0.25, 0.3) is 0 Å². The molecule has 0 saturated carbocycles. The second-order valence-electron chi connectivity index (χ2n) is 3.35. The number of hydrogen-bond donors (Lipinski definition) is 0. The van der Waals surface area contributed by atoms with Gasteiger partial charge in [-0.2, -0.15) is 4.39 Å². The molecule has 1 aromatic heterocycles. The molecule has 1 aromatic rings. The monoisotopic (exact) mass is 206 g/mol. The van der Waals surface area contributed by atoms with Crippen LogP contribution in [0.3, 0.4) is 0 Å². The highest BCUT2D eigenvalue weighted by Gasteiger charge is 2.19. The van der Waals surface area contributed by atoms with Crippen LogP contribution in [-0.2, 0) is 0 Å². The average Bonchev–Trinajstić information content (AvgIpc) is 2.30. The van der Waals surface area contributed by atoms with Crippen LogP contribution < -0.4 is 0 Å². The first-order valence-electron chi connectivity index (χ1n) is 4.84. The van der Waals surface area contributed by atoms with E-state index < -0.39 is 5.95 Å². The summed E-state index contributed by atoms with van der Waals surface area (Å²) in [4.78, 5) is 16.9. The molecule has 0 aliphatic carbocycles. The van der Waals surface area contributed by atoms with Gasteiger partial charge in [-0.1, -0.05) is 12.2 Å². The third kappa shape index (κ3) is 2.03. The highest BCUT2D eigenvalue weighted by atomic mass is 19.1. The summed E-state index contributed by atoms with van der Waals surface area (Å²) in [6.45, 7) is 1.19. The minimum Gasteiger partial charge on any atom is -0.334 e. The van der Waals surface area contributed by atoms with Gasteiger partial charge in [0.15, 0.2) is 0 Å². The van der Waals surface area contributed by atoms with Crippen molar-refractivity contribution in [3.63, 3.8) is 0 Å². The number of carbonyl (C=O) groups is 1. The van der Waals surface area contributed by atoms with Gasteiger partial charge in [0, 0.05) is 19.3 Å². The molecule has 1 amide bonds. The Balaban J connectivity index is 2.20. The van der Waals surface area contributed by atoms with Crippen molar-refractivity contribution in [1.82, 2.24) is 9.88 Å². The molecular formula is C11H11FN2O. The van der Waals surface area contributed by atoms with Gasteiger partial charge in [0.05, 0.1) is 5.56 Å². The zero-order chi connectivity index (χ0) is 10.7. The molecule has 0 fully saturated rings. The third-order valence-corrected chi connectivity index (χ3v) is 2.33. The fourth-order valence-electron chi connectivity index (χ4n) is 1.54. The zero-order valence-electron chi connectivity index (χ0n) is 8.19. The van der Waals surface area contributed by atoms with Gasteiger partial charge in [0.25, 0.3) is 5.91 Å². The van der Waals surface area contributed by atoms with Crippen LogP contribution in [0, 0.1) is 5.95 Å². The Kier molecular flexibility index (Phi) is 2.76. The van der Waals surface area contributed by atoms with Crippen LogP contribution in [0.4, 0.5) is 4.39 Å². The Hall–Kier alpha value is -1.71. The van der Waals surface area contributed by atoms with Gasteiger partial charge in [-0.05, 0) is 18.6 Å². The first-order valence-corrected chi connectivity index (χ1v) is 4.84. The van der Waals surface area contributed by atoms with E-state index in [2.05, 4.69) is 4.98 Å². The van der Waals surface area contributed by atoms with E-state index in [0.717, 1.165) is 6.42 Å². The number of carbonyl (C=O) groups excluding carboxylic acids is 1. The van der Waals surface area contributed by atoms with E-state index in [1.54, 1.807) is 11.0 Å². The molecule has 78 valence electrons. The Bertz CT molecular complexity index is 403. The van der Waals surface area contributed by atoms with E-state index in [0.29, 0.717) is 13.1 Å². The summed E-state index contributed by atoms with van der Waals surface area (Å²) >= 11 is 0. The molecule has 0 bridgehead atoms. The van der Waals surface area contributed by atoms with E-state index in [9.17, 15) is 9.18 Å². The predicted molar refractivity (Wildman–Crippen MR) is 53.9 cm³/mol. The van der Waals surface area contributed by atoms with Crippen LogP contribution in [0.15, 0.2) is 30.5 Å².